The van der Waals surface area contributed by atoms with Crippen molar-refractivity contribution in [2.75, 3.05) is 12.4 Å². The van der Waals surface area contributed by atoms with Gasteiger partial charge in [0.1, 0.15) is 0 Å². The van der Waals surface area contributed by atoms with Crippen LogP contribution < -0.4 is 5.73 Å². The smallest absolute Gasteiger partial charge is 0.0608 e. The lowest BCUT2D eigenvalue weighted by Crippen LogP contribution is -2.40. The average molecular weight is 304 g/mol. The van der Waals surface area contributed by atoms with Crippen molar-refractivity contribution in [1.29, 1.82) is 0 Å². The number of nitrogens with two attached hydrogens (primary N) is 1. The number of hydrogen-bond donors (Lipinski definition) is 2. The van der Waals surface area contributed by atoms with E-state index in [4.69, 9.17) is 10.8 Å². The van der Waals surface area contributed by atoms with Gasteiger partial charge in [-0.1, -0.05) is 15.9 Å². The highest BCUT2D eigenvalue weighted by molar-refractivity contribution is 9.10. The van der Waals surface area contributed by atoms with Crippen LogP contribution in [0.1, 0.15) is 19.8 Å². The number of aliphatic hydroxyl groups excluding tert-OH is 1. The molecule has 0 aliphatic rings. The molecule has 1 unspecified atom stereocenters. The lowest BCUT2D eigenvalue weighted by molar-refractivity contribution is 0.200. The zero-order chi connectivity index (χ0) is 12.0. The van der Waals surface area contributed by atoms with Gasteiger partial charge in [-0.15, -0.1) is 11.8 Å². The lowest BCUT2D eigenvalue weighted by Gasteiger charge is -2.21. The number of rotatable bonds is 6. The maximum atomic E-state index is 9.00. The Morgan fingerprint density at radius 2 is 2.00 bits per heavy atom. The molecule has 1 rings (SSSR count). The van der Waals surface area contributed by atoms with Gasteiger partial charge in [-0.3, -0.25) is 0 Å². The van der Waals surface area contributed by atoms with Crippen molar-refractivity contribution >= 4 is 27.7 Å². The first-order chi connectivity index (χ1) is 7.53. The molecule has 2 nitrogen and oxygen atoms in total. The van der Waals surface area contributed by atoms with Crippen LogP contribution >= 0.6 is 27.7 Å². The Kier molecular flexibility index (Phi) is 5.83. The van der Waals surface area contributed by atoms with Gasteiger partial charge < -0.3 is 10.8 Å². The summed E-state index contributed by atoms with van der Waals surface area (Å²) < 4.78 is 1.10. The number of thioether (sulfide) groups is 1. The molecular formula is C12H18BrNOS. The Bertz CT molecular complexity index is 313. The maximum absolute atomic E-state index is 9.00. The summed E-state index contributed by atoms with van der Waals surface area (Å²) in [6, 6.07) is 8.29. The van der Waals surface area contributed by atoms with Gasteiger partial charge in [-0.25, -0.2) is 0 Å². The van der Waals surface area contributed by atoms with Crippen molar-refractivity contribution in [2.24, 2.45) is 5.73 Å². The summed E-state index contributed by atoms with van der Waals surface area (Å²) >= 11 is 5.23. The number of halogens is 1. The first-order valence-electron chi connectivity index (χ1n) is 5.32. The lowest BCUT2D eigenvalue weighted by atomic mass is 9.99. The normalized spacial score (nSPS) is 14.8. The molecule has 0 aliphatic carbocycles. The highest BCUT2D eigenvalue weighted by atomic mass is 79.9. The molecule has 0 spiro atoms. The summed E-state index contributed by atoms with van der Waals surface area (Å²) in [5, 5.41) is 9.00. The molecule has 90 valence electrons. The van der Waals surface area contributed by atoms with E-state index in [1.807, 2.05) is 30.8 Å². The largest absolute Gasteiger partial charge is 0.394 e. The fraction of sp³-hybridized carbons (Fsp3) is 0.500. The molecule has 16 heavy (non-hydrogen) atoms. The van der Waals surface area contributed by atoms with Crippen LogP contribution in [0.3, 0.4) is 0 Å². The van der Waals surface area contributed by atoms with Crippen LogP contribution in [0.5, 0.6) is 0 Å². The zero-order valence-electron chi connectivity index (χ0n) is 9.45. The third kappa shape index (κ3) is 5.34. The molecule has 0 saturated carbocycles. The fourth-order valence-corrected chi connectivity index (χ4v) is 2.39. The van der Waals surface area contributed by atoms with E-state index in [-0.39, 0.29) is 6.61 Å². The van der Waals surface area contributed by atoms with E-state index in [0.717, 1.165) is 23.1 Å². The molecule has 4 heteroatoms. The van der Waals surface area contributed by atoms with Crippen LogP contribution in [-0.2, 0) is 0 Å². The summed E-state index contributed by atoms with van der Waals surface area (Å²) in [5.41, 5.74) is 5.42. The van der Waals surface area contributed by atoms with Gasteiger partial charge in [0.25, 0.3) is 0 Å². The van der Waals surface area contributed by atoms with E-state index >= 15 is 0 Å². The van der Waals surface area contributed by atoms with Gasteiger partial charge >= 0.3 is 0 Å². The van der Waals surface area contributed by atoms with Crippen molar-refractivity contribution in [2.45, 2.75) is 30.2 Å². The van der Waals surface area contributed by atoms with Crippen LogP contribution in [0, 0.1) is 0 Å². The SMILES string of the molecule is CC(N)(CO)CCCSc1ccc(Br)cc1. The molecule has 1 atom stereocenters. The van der Waals surface area contributed by atoms with Crippen molar-refractivity contribution in [3.05, 3.63) is 28.7 Å². The zero-order valence-corrected chi connectivity index (χ0v) is 11.9. The summed E-state index contributed by atoms with van der Waals surface area (Å²) in [6.45, 7) is 1.94. The molecular weight excluding hydrogens is 286 g/mol. The van der Waals surface area contributed by atoms with Gasteiger partial charge in [0.2, 0.25) is 0 Å². The van der Waals surface area contributed by atoms with Crippen molar-refractivity contribution in [3.63, 3.8) is 0 Å². The molecule has 0 radical (unpaired) electrons. The average Bonchev–Trinajstić information content (AvgIpc) is 2.27. The molecule has 3 N–H and O–H groups in total. The van der Waals surface area contributed by atoms with Crippen LogP contribution in [0.4, 0.5) is 0 Å². The van der Waals surface area contributed by atoms with Gasteiger partial charge in [-0.2, -0.15) is 0 Å². The Morgan fingerprint density at radius 3 is 2.56 bits per heavy atom. The highest BCUT2D eigenvalue weighted by Gasteiger charge is 2.15. The minimum absolute atomic E-state index is 0.0515. The van der Waals surface area contributed by atoms with Crippen LogP contribution in [0.15, 0.2) is 33.6 Å². The second-order valence-corrected chi connectivity index (χ2v) is 6.30. The van der Waals surface area contributed by atoms with Gasteiger partial charge in [0, 0.05) is 14.9 Å². The van der Waals surface area contributed by atoms with Crippen LogP contribution in [0.25, 0.3) is 0 Å². The predicted molar refractivity (Wildman–Crippen MR) is 73.8 cm³/mol. The quantitative estimate of drug-likeness (QED) is 0.627. The van der Waals surface area contributed by atoms with E-state index in [1.54, 1.807) is 0 Å². The predicted octanol–water partition coefficient (Wildman–Crippen LogP) is 3.03. The minimum atomic E-state index is -0.430. The number of hydrogen-bond acceptors (Lipinski definition) is 3. The third-order valence-corrected chi connectivity index (χ3v) is 3.96. The molecule has 0 aliphatic heterocycles. The van der Waals surface area contributed by atoms with Gasteiger partial charge in [0.15, 0.2) is 0 Å². The van der Waals surface area contributed by atoms with E-state index in [0.29, 0.717) is 0 Å². The second-order valence-electron chi connectivity index (χ2n) is 4.22. The Morgan fingerprint density at radius 1 is 1.38 bits per heavy atom. The second kappa shape index (κ2) is 6.64. The number of aliphatic hydroxyl groups is 1. The standard InChI is InChI=1S/C12H18BrNOS/c1-12(14,9-15)7-2-8-16-11-5-3-10(13)4-6-11/h3-6,15H,2,7-9,14H2,1H3. The molecule has 1 aromatic rings. The van der Waals surface area contributed by atoms with Crippen molar-refractivity contribution < 1.29 is 5.11 Å². The van der Waals surface area contributed by atoms with E-state index in [2.05, 4.69) is 28.1 Å². The molecule has 0 fully saturated rings. The summed E-state index contributed by atoms with van der Waals surface area (Å²) in [5.74, 6) is 1.04. The topological polar surface area (TPSA) is 46.2 Å². The Labute approximate surface area is 110 Å². The van der Waals surface area contributed by atoms with E-state index < -0.39 is 5.54 Å². The van der Waals surface area contributed by atoms with Gasteiger partial charge in [0.05, 0.1) is 6.61 Å². The first kappa shape index (κ1) is 14.0. The molecule has 0 heterocycles. The maximum Gasteiger partial charge on any atom is 0.0608 e. The van der Waals surface area contributed by atoms with E-state index in [9.17, 15) is 0 Å². The van der Waals surface area contributed by atoms with Gasteiger partial charge in [-0.05, 0) is 49.8 Å². The Balaban J connectivity index is 2.23. The summed E-state index contributed by atoms with van der Waals surface area (Å²) in [7, 11) is 0. The van der Waals surface area contributed by atoms with Crippen LogP contribution in [0.2, 0.25) is 0 Å². The third-order valence-electron chi connectivity index (χ3n) is 2.34. The number of benzene rings is 1. The molecule has 0 bridgehead atoms. The molecule has 0 aromatic heterocycles. The monoisotopic (exact) mass is 303 g/mol. The molecule has 1 aromatic carbocycles. The summed E-state index contributed by atoms with van der Waals surface area (Å²) in [6.07, 6.45) is 1.88. The van der Waals surface area contributed by atoms with Crippen molar-refractivity contribution in [3.8, 4) is 0 Å². The highest BCUT2D eigenvalue weighted by Crippen LogP contribution is 2.22. The Hall–Kier alpha value is -0.0300. The summed E-state index contributed by atoms with van der Waals surface area (Å²) in [4.78, 5) is 1.27. The molecule has 0 amide bonds. The first-order valence-corrected chi connectivity index (χ1v) is 7.09. The minimum Gasteiger partial charge on any atom is -0.394 e. The molecule has 0 saturated heterocycles. The van der Waals surface area contributed by atoms with Crippen LogP contribution in [-0.4, -0.2) is 23.0 Å². The fourth-order valence-electron chi connectivity index (χ4n) is 1.28. The van der Waals surface area contributed by atoms with Crippen molar-refractivity contribution in [1.82, 2.24) is 0 Å². The van der Waals surface area contributed by atoms with E-state index in [1.165, 1.54) is 4.90 Å².